The molecule has 1 saturated carbocycles. The Morgan fingerprint density at radius 2 is 1.50 bits per heavy atom. The fraction of sp³-hybridized carbons (Fsp3) is 0.462. The molecule has 1 N–H and O–H groups in total. The van der Waals surface area contributed by atoms with Crippen molar-refractivity contribution in [2.45, 2.75) is 96.8 Å². The van der Waals surface area contributed by atoms with E-state index in [4.69, 9.17) is 4.74 Å². The van der Waals surface area contributed by atoms with Crippen molar-refractivity contribution < 1.29 is 14.6 Å². The molecule has 1 fully saturated rings. The van der Waals surface area contributed by atoms with Crippen LogP contribution in [0.5, 0.6) is 0 Å². The topological polar surface area (TPSA) is 46.5 Å². The van der Waals surface area contributed by atoms with Crippen LogP contribution in [0.15, 0.2) is 78.9 Å². The van der Waals surface area contributed by atoms with Crippen LogP contribution in [0.25, 0.3) is 11.1 Å². The summed E-state index contributed by atoms with van der Waals surface area (Å²) in [6, 6.07) is 25.4. The van der Waals surface area contributed by atoms with Gasteiger partial charge in [-0.3, -0.25) is 0 Å². The van der Waals surface area contributed by atoms with Gasteiger partial charge in [-0.15, -0.1) is 0 Å². The predicted molar refractivity (Wildman–Crippen MR) is 175 cm³/mol. The van der Waals surface area contributed by atoms with Crippen molar-refractivity contribution in [3.05, 3.63) is 107 Å². The SMILES string of the molecule is C=C(C)C(=O)OCC(CO)Cc1ccc(C2CCC(c3ccc(-c4ccc(CCCCC)cc4)c(CC)c3)CC2)cc1. The minimum Gasteiger partial charge on any atom is -0.462 e. The van der Waals surface area contributed by atoms with Gasteiger partial charge in [0, 0.05) is 18.1 Å². The van der Waals surface area contributed by atoms with E-state index in [1.165, 1.54) is 84.7 Å². The molecule has 1 aliphatic rings. The largest absolute Gasteiger partial charge is 0.462 e. The first-order valence-electron chi connectivity index (χ1n) is 16.2. The molecule has 224 valence electrons. The smallest absolute Gasteiger partial charge is 0.333 e. The molecule has 42 heavy (non-hydrogen) atoms. The van der Waals surface area contributed by atoms with Gasteiger partial charge in [0.25, 0.3) is 0 Å². The van der Waals surface area contributed by atoms with Gasteiger partial charge in [-0.2, -0.15) is 0 Å². The number of aliphatic hydroxyl groups is 1. The van der Waals surface area contributed by atoms with Crippen LogP contribution >= 0.6 is 0 Å². The summed E-state index contributed by atoms with van der Waals surface area (Å²) >= 11 is 0. The van der Waals surface area contributed by atoms with Gasteiger partial charge in [-0.25, -0.2) is 4.79 Å². The first-order valence-corrected chi connectivity index (χ1v) is 16.2. The normalized spacial score (nSPS) is 17.5. The molecule has 4 rings (SSSR count). The molecule has 0 amide bonds. The summed E-state index contributed by atoms with van der Waals surface area (Å²) < 4.78 is 5.26. The molecule has 3 aromatic rings. The maximum atomic E-state index is 11.7. The zero-order chi connectivity index (χ0) is 29.9. The lowest BCUT2D eigenvalue weighted by atomic mass is 9.75. The zero-order valence-electron chi connectivity index (χ0n) is 26.0. The number of aryl methyl sites for hydroxylation is 2. The Bertz CT molecular complexity index is 1280. The molecule has 3 heteroatoms. The first-order chi connectivity index (χ1) is 20.4. The number of benzene rings is 3. The van der Waals surface area contributed by atoms with Crippen molar-refractivity contribution in [3.63, 3.8) is 0 Å². The van der Waals surface area contributed by atoms with E-state index in [1.54, 1.807) is 6.92 Å². The maximum Gasteiger partial charge on any atom is 0.333 e. The number of esters is 1. The summed E-state index contributed by atoms with van der Waals surface area (Å²) in [7, 11) is 0. The molecule has 0 aliphatic heterocycles. The van der Waals surface area contributed by atoms with Crippen molar-refractivity contribution in [1.82, 2.24) is 0 Å². The summed E-state index contributed by atoms with van der Waals surface area (Å²) in [4.78, 5) is 11.7. The van der Waals surface area contributed by atoms with E-state index in [2.05, 4.69) is 87.2 Å². The van der Waals surface area contributed by atoms with E-state index in [0.717, 1.165) is 12.0 Å². The Morgan fingerprint density at radius 1 is 0.881 bits per heavy atom. The number of hydrogen-bond acceptors (Lipinski definition) is 3. The fourth-order valence-corrected chi connectivity index (χ4v) is 6.38. The van der Waals surface area contributed by atoms with E-state index in [0.29, 0.717) is 23.8 Å². The standard InChI is InChI=1S/C39H50O3/c1-5-7-8-9-29-10-16-36(17-11-29)38-23-22-37(25-32(38)6-2)35-20-18-34(19-21-35)33-14-12-30(13-15-33)24-31(26-40)27-42-39(41)28(3)4/h10-17,22-23,25,31,34-35,40H,3,5-9,18-21,24,26-27H2,1-2,4H3. The highest BCUT2D eigenvalue weighted by Crippen LogP contribution is 2.41. The third kappa shape index (κ3) is 8.67. The number of carbonyl (C=O) groups is 1. The molecule has 0 spiro atoms. The second kappa shape index (κ2) is 15.9. The summed E-state index contributed by atoms with van der Waals surface area (Å²) in [5.41, 5.74) is 10.1. The Kier molecular flexibility index (Phi) is 12.0. The van der Waals surface area contributed by atoms with E-state index in [-0.39, 0.29) is 19.1 Å². The quantitative estimate of drug-likeness (QED) is 0.120. The lowest BCUT2D eigenvalue weighted by Crippen LogP contribution is -2.19. The number of aliphatic hydroxyl groups excluding tert-OH is 1. The molecule has 0 radical (unpaired) electrons. The first kappa shape index (κ1) is 31.8. The zero-order valence-corrected chi connectivity index (χ0v) is 26.0. The molecule has 3 nitrogen and oxygen atoms in total. The molecule has 0 bridgehead atoms. The van der Waals surface area contributed by atoms with Crippen LogP contribution in [-0.2, 0) is 28.8 Å². The molecule has 1 aliphatic carbocycles. The highest BCUT2D eigenvalue weighted by Gasteiger charge is 2.24. The summed E-state index contributed by atoms with van der Waals surface area (Å²) in [5.74, 6) is 0.724. The number of rotatable bonds is 14. The lowest BCUT2D eigenvalue weighted by molar-refractivity contribution is -0.140. The molecular weight excluding hydrogens is 516 g/mol. The van der Waals surface area contributed by atoms with E-state index >= 15 is 0 Å². The van der Waals surface area contributed by atoms with Crippen molar-refractivity contribution in [1.29, 1.82) is 0 Å². The highest BCUT2D eigenvalue weighted by atomic mass is 16.5. The van der Waals surface area contributed by atoms with Gasteiger partial charge in [-0.05, 0) is 109 Å². The maximum absolute atomic E-state index is 11.7. The second-order valence-electron chi connectivity index (χ2n) is 12.3. The van der Waals surface area contributed by atoms with E-state index < -0.39 is 5.97 Å². The van der Waals surface area contributed by atoms with Gasteiger partial charge in [-0.1, -0.05) is 100.0 Å². The third-order valence-electron chi connectivity index (χ3n) is 9.08. The summed E-state index contributed by atoms with van der Waals surface area (Å²) in [5, 5.41) is 9.75. The van der Waals surface area contributed by atoms with Gasteiger partial charge in [0.2, 0.25) is 0 Å². The monoisotopic (exact) mass is 566 g/mol. The van der Waals surface area contributed by atoms with Gasteiger partial charge in [0.1, 0.15) is 0 Å². The Hall–Kier alpha value is -3.17. The van der Waals surface area contributed by atoms with Crippen LogP contribution in [-0.4, -0.2) is 24.3 Å². The molecular formula is C39H50O3. The average molecular weight is 567 g/mol. The summed E-state index contributed by atoms with van der Waals surface area (Å²) in [6.07, 6.45) is 11.6. The molecule has 0 saturated heterocycles. The Balaban J connectivity index is 1.32. The Labute approximate surface area is 254 Å². The number of carbonyl (C=O) groups excluding carboxylic acids is 1. The fourth-order valence-electron chi connectivity index (χ4n) is 6.38. The average Bonchev–Trinajstić information content (AvgIpc) is 3.03. The number of ether oxygens (including phenoxy) is 1. The van der Waals surface area contributed by atoms with Crippen LogP contribution in [0.1, 0.15) is 105 Å². The number of hydrogen-bond donors (Lipinski definition) is 1. The van der Waals surface area contributed by atoms with Crippen LogP contribution < -0.4 is 0 Å². The summed E-state index contributed by atoms with van der Waals surface area (Å²) in [6.45, 7) is 9.98. The van der Waals surface area contributed by atoms with Gasteiger partial charge in [0.15, 0.2) is 0 Å². The van der Waals surface area contributed by atoms with Crippen molar-refractivity contribution in [3.8, 4) is 11.1 Å². The molecule has 1 atom stereocenters. The molecule has 0 heterocycles. The lowest BCUT2D eigenvalue weighted by Gasteiger charge is -2.30. The minimum absolute atomic E-state index is 0.0125. The Morgan fingerprint density at radius 3 is 2.10 bits per heavy atom. The third-order valence-corrected chi connectivity index (χ3v) is 9.08. The van der Waals surface area contributed by atoms with Crippen molar-refractivity contribution in [2.75, 3.05) is 13.2 Å². The van der Waals surface area contributed by atoms with E-state index in [9.17, 15) is 9.90 Å². The van der Waals surface area contributed by atoms with Gasteiger partial charge >= 0.3 is 5.97 Å². The predicted octanol–water partition coefficient (Wildman–Crippen LogP) is 9.36. The van der Waals surface area contributed by atoms with Gasteiger partial charge in [0.05, 0.1) is 6.61 Å². The van der Waals surface area contributed by atoms with Crippen molar-refractivity contribution >= 4 is 5.97 Å². The van der Waals surface area contributed by atoms with Gasteiger partial charge < -0.3 is 9.84 Å². The molecule has 0 aromatic heterocycles. The number of unbranched alkanes of at least 4 members (excludes halogenated alkanes) is 2. The van der Waals surface area contributed by atoms with Crippen LogP contribution in [0.3, 0.4) is 0 Å². The molecule has 3 aromatic carbocycles. The van der Waals surface area contributed by atoms with E-state index in [1.807, 2.05) is 0 Å². The van der Waals surface area contributed by atoms with Crippen molar-refractivity contribution in [2.24, 2.45) is 5.92 Å². The second-order valence-corrected chi connectivity index (χ2v) is 12.3. The highest BCUT2D eigenvalue weighted by molar-refractivity contribution is 5.86. The van der Waals surface area contributed by atoms with Crippen LogP contribution in [0.4, 0.5) is 0 Å². The minimum atomic E-state index is -0.399. The van der Waals surface area contributed by atoms with Crippen LogP contribution in [0, 0.1) is 5.92 Å². The molecule has 1 unspecified atom stereocenters. The van der Waals surface area contributed by atoms with Crippen LogP contribution in [0.2, 0.25) is 0 Å².